The van der Waals surface area contributed by atoms with E-state index in [4.69, 9.17) is 4.74 Å². The highest BCUT2D eigenvalue weighted by atomic mass is 16.5. The van der Waals surface area contributed by atoms with Gasteiger partial charge >= 0.3 is 0 Å². The molecule has 1 N–H and O–H groups in total. The monoisotopic (exact) mass is 337 g/mol. The Bertz CT molecular complexity index is 841. The van der Waals surface area contributed by atoms with E-state index in [1.54, 1.807) is 0 Å². The third-order valence-corrected chi connectivity index (χ3v) is 3.97. The summed E-state index contributed by atoms with van der Waals surface area (Å²) >= 11 is 0. The van der Waals surface area contributed by atoms with Gasteiger partial charge in [0.05, 0.1) is 24.2 Å². The molecule has 3 aromatic rings. The van der Waals surface area contributed by atoms with E-state index in [9.17, 15) is 4.79 Å². The van der Waals surface area contributed by atoms with Crippen LogP contribution < -0.4 is 5.32 Å². The quantitative estimate of drug-likeness (QED) is 0.718. The lowest BCUT2D eigenvalue weighted by molar-refractivity contribution is -0.126. The summed E-state index contributed by atoms with van der Waals surface area (Å²) in [5.41, 5.74) is 3.08. The number of carbonyl (C=O) groups excluding carboxylic acids is 1. The molecular formula is C20H23N3O2. The Morgan fingerprint density at radius 3 is 2.60 bits per heavy atom. The molecule has 0 bridgehead atoms. The summed E-state index contributed by atoms with van der Waals surface area (Å²) in [7, 11) is 0. The van der Waals surface area contributed by atoms with Gasteiger partial charge in [-0.1, -0.05) is 42.5 Å². The molecule has 1 amide bonds. The van der Waals surface area contributed by atoms with Crippen LogP contribution in [-0.4, -0.2) is 22.1 Å². The van der Waals surface area contributed by atoms with Crippen LogP contribution in [0.1, 0.15) is 31.3 Å². The summed E-state index contributed by atoms with van der Waals surface area (Å²) in [6, 6.07) is 18.1. The normalized spacial score (nSPS) is 11.2. The largest absolute Gasteiger partial charge is 0.367 e. The first kappa shape index (κ1) is 17.2. The van der Waals surface area contributed by atoms with Crippen LogP contribution in [0.25, 0.3) is 11.0 Å². The third-order valence-electron chi connectivity index (χ3n) is 3.97. The lowest BCUT2D eigenvalue weighted by Crippen LogP contribution is -2.28. The van der Waals surface area contributed by atoms with Gasteiger partial charge in [0.25, 0.3) is 0 Å². The average Bonchev–Trinajstić information content (AvgIpc) is 2.99. The van der Waals surface area contributed by atoms with Gasteiger partial charge < -0.3 is 14.6 Å². The van der Waals surface area contributed by atoms with E-state index in [2.05, 4.69) is 34.8 Å². The highest BCUT2D eigenvalue weighted by Crippen LogP contribution is 2.20. The van der Waals surface area contributed by atoms with E-state index in [0.29, 0.717) is 13.2 Å². The summed E-state index contributed by atoms with van der Waals surface area (Å²) in [5, 5.41) is 2.89. The van der Waals surface area contributed by atoms with Gasteiger partial charge in [0, 0.05) is 6.04 Å². The molecule has 5 heteroatoms. The molecule has 1 heterocycles. The number of nitrogens with one attached hydrogen (secondary N) is 1. The molecule has 2 aromatic carbocycles. The summed E-state index contributed by atoms with van der Waals surface area (Å²) in [6.07, 6.45) is 0. The number of ether oxygens (including phenoxy) is 1. The van der Waals surface area contributed by atoms with E-state index >= 15 is 0 Å². The van der Waals surface area contributed by atoms with Crippen molar-refractivity contribution in [1.29, 1.82) is 0 Å². The van der Waals surface area contributed by atoms with Crippen LogP contribution in [0.4, 0.5) is 0 Å². The highest BCUT2D eigenvalue weighted by Gasteiger charge is 2.13. The van der Waals surface area contributed by atoms with Crippen LogP contribution in [0.3, 0.4) is 0 Å². The lowest BCUT2D eigenvalue weighted by atomic mass is 10.2. The standard InChI is InChI=1S/C20H23N3O2/c1-15(2)23-18-11-7-6-10-17(18)22-19(23)12-21-20(24)14-25-13-16-8-4-3-5-9-16/h3-11,15H,12-14H2,1-2H3,(H,21,24). The first-order valence-corrected chi connectivity index (χ1v) is 8.49. The second-order valence-electron chi connectivity index (χ2n) is 6.24. The molecule has 0 spiro atoms. The van der Waals surface area contributed by atoms with Gasteiger partial charge in [-0.25, -0.2) is 4.98 Å². The first-order valence-electron chi connectivity index (χ1n) is 8.49. The number of para-hydroxylation sites is 2. The Morgan fingerprint density at radius 1 is 1.12 bits per heavy atom. The molecule has 25 heavy (non-hydrogen) atoms. The molecule has 0 fully saturated rings. The summed E-state index contributed by atoms with van der Waals surface area (Å²) in [6.45, 7) is 5.08. The predicted octanol–water partition coefficient (Wildman–Crippen LogP) is 3.45. The van der Waals surface area contributed by atoms with Crippen LogP contribution >= 0.6 is 0 Å². The molecule has 5 nitrogen and oxygen atoms in total. The van der Waals surface area contributed by atoms with E-state index in [-0.39, 0.29) is 18.6 Å². The predicted molar refractivity (Wildman–Crippen MR) is 98.1 cm³/mol. The maximum absolute atomic E-state index is 12.0. The molecule has 130 valence electrons. The second kappa shape index (κ2) is 7.94. The molecule has 0 saturated carbocycles. The molecule has 0 unspecified atom stereocenters. The molecule has 0 aliphatic heterocycles. The van der Waals surface area contributed by atoms with Gasteiger partial charge in [-0.3, -0.25) is 4.79 Å². The van der Waals surface area contributed by atoms with Gasteiger partial charge in [-0.05, 0) is 31.5 Å². The van der Waals surface area contributed by atoms with Crippen LogP contribution in [0.2, 0.25) is 0 Å². The summed E-state index contributed by atoms with van der Waals surface area (Å²) in [5.74, 6) is 0.714. The maximum Gasteiger partial charge on any atom is 0.246 e. The van der Waals surface area contributed by atoms with Crippen molar-refractivity contribution in [3.8, 4) is 0 Å². The summed E-state index contributed by atoms with van der Waals surface area (Å²) in [4.78, 5) is 16.7. The van der Waals surface area contributed by atoms with Crippen LogP contribution in [0, 0.1) is 0 Å². The number of aromatic nitrogens is 2. The Labute approximate surface area is 147 Å². The number of fused-ring (bicyclic) bond motifs is 1. The van der Waals surface area contributed by atoms with Crippen molar-refractivity contribution in [3.05, 3.63) is 66.0 Å². The van der Waals surface area contributed by atoms with E-state index in [1.807, 2.05) is 48.5 Å². The Hall–Kier alpha value is -2.66. The fraction of sp³-hybridized carbons (Fsp3) is 0.300. The van der Waals surface area contributed by atoms with Gasteiger partial charge in [0.2, 0.25) is 5.91 Å². The smallest absolute Gasteiger partial charge is 0.246 e. The highest BCUT2D eigenvalue weighted by molar-refractivity contribution is 5.78. The minimum Gasteiger partial charge on any atom is -0.367 e. The Morgan fingerprint density at radius 2 is 1.84 bits per heavy atom. The summed E-state index contributed by atoms with van der Waals surface area (Å²) < 4.78 is 7.62. The first-order chi connectivity index (χ1) is 12.1. The minimum absolute atomic E-state index is 0.0385. The van der Waals surface area contributed by atoms with Crippen LogP contribution in [-0.2, 0) is 22.7 Å². The fourth-order valence-corrected chi connectivity index (χ4v) is 2.86. The van der Waals surface area contributed by atoms with Crippen LogP contribution in [0.5, 0.6) is 0 Å². The van der Waals surface area contributed by atoms with Crippen molar-refractivity contribution in [2.45, 2.75) is 33.0 Å². The molecule has 0 aliphatic rings. The second-order valence-corrected chi connectivity index (χ2v) is 6.24. The number of carbonyl (C=O) groups is 1. The average molecular weight is 337 g/mol. The van der Waals surface area contributed by atoms with Crippen molar-refractivity contribution >= 4 is 16.9 Å². The molecule has 0 saturated heterocycles. The van der Waals surface area contributed by atoms with Crippen molar-refractivity contribution in [1.82, 2.24) is 14.9 Å². The number of nitrogens with zero attached hydrogens (tertiary/aromatic N) is 2. The van der Waals surface area contributed by atoms with Gasteiger partial charge in [-0.2, -0.15) is 0 Å². The van der Waals surface area contributed by atoms with E-state index in [1.165, 1.54) is 0 Å². The molecule has 0 radical (unpaired) electrons. The van der Waals surface area contributed by atoms with Crippen molar-refractivity contribution in [2.24, 2.45) is 0 Å². The SMILES string of the molecule is CC(C)n1c(CNC(=O)COCc2ccccc2)nc2ccccc21. The van der Waals surface area contributed by atoms with Gasteiger partial charge in [0.15, 0.2) is 0 Å². The lowest BCUT2D eigenvalue weighted by Gasteiger charge is -2.13. The number of imidazole rings is 1. The third kappa shape index (κ3) is 4.25. The molecule has 0 aliphatic carbocycles. The zero-order valence-electron chi connectivity index (χ0n) is 14.6. The van der Waals surface area contributed by atoms with Gasteiger partial charge in [-0.15, -0.1) is 0 Å². The number of amides is 1. The topological polar surface area (TPSA) is 56.2 Å². The Balaban J connectivity index is 1.57. The number of benzene rings is 2. The van der Waals surface area contributed by atoms with Crippen molar-refractivity contribution in [3.63, 3.8) is 0 Å². The molecule has 0 atom stereocenters. The van der Waals surface area contributed by atoms with Crippen molar-refractivity contribution < 1.29 is 9.53 Å². The maximum atomic E-state index is 12.0. The van der Waals surface area contributed by atoms with E-state index < -0.39 is 0 Å². The van der Waals surface area contributed by atoms with Gasteiger partial charge in [0.1, 0.15) is 12.4 Å². The molecular weight excluding hydrogens is 314 g/mol. The van der Waals surface area contributed by atoms with E-state index in [0.717, 1.165) is 22.4 Å². The number of hydrogen-bond acceptors (Lipinski definition) is 3. The molecule has 1 aromatic heterocycles. The fourth-order valence-electron chi connectivity index (χ4n) is 2.86. The minimum atomic E-state index is -0.140. The van der Waals surface area contributed by atoms with Crippen LogP contribution in [0.15, 0.2) is 54.6 Å². The van der Waals surface area contributed by atoms with Crippen molar-refractivity contribution in [2.75, 3.05) is 6.61 Å². The Kier molecular flexibility index (Phi) is 5.46. The zero-order valence-corrected chi connectivity index (χ0v) is 14.6. The molecule has 3 rings (SSSR count). The number of rotatable bonds is 7. The zero-order chi connectivity index (χ0) is 17.6. The number of hydrogen-bond donors (Lipinski definition) is 1.